The summed E-state index contributed by atoms with van der Waals surface area (Å²) in [5.74, 6) is -0.210. The van der Waals surface area contributed by atoms with E-state index in [0.29, 0.717) is 45.1 Å². The molecule has 0 aromatic heterocycles. The molecule has 1 aliphatic rings. The van der Waals surface area contributed by atoms with E-state index < -0.39 is 17.8 Å². The van der Waals surface area contributed by atoms with Crippen LogP contribution in [-0.4, -0.2) is 69.8 Å². The average Bonchev–Trinajstić information content (AvgIpc) is 3.32. The van der Waals surface area contributed by atoms with Gasteiger partial charge in [0.15, 0.2) is 0 Å². The number of carbonyl (C=O) groups excluding carboxylic acids is 3. The maximum absolute atomic E-state index is 12.5. The molecule has 3 aromatic carbocycles. The van der Waals surface area contributed by atoms with Crippen molar-refractivity contribution in [2.45, 2.75) is 38.8 Å². The van der Waals surface area contributed by atoms with Gasteiger partial charge in [0.05, 0.1) is 26.4 Å². The second-order valence-corrected chi connectivity index (χ2v) is 11.3. The van der Waals surface area contributed by atoms with Crippen molar-refractivity contribution in [3.8, 4) is 11.1 Å². The molecule has 44 heavy (non-hydrogen) atoms. The summed E-state index contributed by atoms with van der Waals surface area (Å²) in [6, 6.07) is 23.4. The molecule has 0 fully saturated rings. The van der Waals surface area contributed by atoms with Crippen molar-refractivity contribution >= 4 is 18.1 Å². The molecule has 0 radical (unpaired) electrons. The quantitative estimate of drug-likeness (QED) is 0.221. The Morgan fingerprint density at radius 3 is 1.84 bits per heavy atom. The highest BCUT2D eigenvalue weighted by Crippen LogP contribution is 2.44. The number of benzene rings is 3. The number of rotatable bonds is 14. The topological polar surface area (TPSA) is 124 Å². The first-order valence-electron chi connectivity index (χ1n) is 14.8. The minimum atomic E-state index is -0.537. The molecule has 0 heterocycles. The van der Waals surface area contributed by atoms with E-state index in [-0.39, 0.29) is 25.0 Å². The second-order valence-electron chi connectivity index (χ2n) is 11.3. The van der Waals surface area contributed by atoms with Crippen molar-refractivity contribution in [1.82, 2.24) is 16.0 Å². The van der Waals surface area contributed by atoms with Gasteiger partial charge in [-0.1, -0.05) is 60.7 Å². The Hall–Kier alpha value is -4.41. The molecule has 4 rings (SSSR count). The molecule has 10 heteroatoms. The van der Waals surface area contributed by atoms with Crippen LogP contribution in [0, 0.1) is 0 Å². The third-order valence-electron chi connectivity index (χ3n) is 6.82. The van der Waals surface area contributed by atoms with Crippen molar-refractivity contribution in [1.29, 1.82) is 0 Å². The van der Waals surface area contributed by atoms with Crippen LogP contribution in [-0.2, 0) is 25.5 Å². The summed E-state index contributed by atoms with van der Waals surface area (Å²) >= 11 is 0. The third kappa shape index (κ3) is 9.82. The second kappa shape index (κ2) is 15.9. The predicted molar refractivity (Wildman–Crippen MR) is 167 cm³/mol. The molecule has 0 aliphatic heterocycles. The normalized spacial score (nSPS) is 12.2. The molecule has 3 aromatic rings. The average molecular weight is 604 g/mol. The molecular weight excluding hydrogens is 562 g/mol. The summed E-state index contributed by atoms with van der Waals surface area (Å²) in [5.41, 5.74) is 5.51. The fourth-order valence-electron chi connectivity index (χ4n) is 4.80. The van der Waals surface area contributed by atoms with Crippen molar-refractivity contribution < 1.29 is 33.3 Å². The zero-order chi connectivity index (χ0) is 31.4. The Balaban J connectivity index is 1.06. The van der Waals surface area contributed by atoms with Crippen LogP contribution < -0.4 is 16.0 Å². The van der Waals surface area contributed by atoms with E-state index in [2.05, 4.69) is 40.2 Å². The number of fused-ring (bicyclic) bond motifs is 3. The number of ether oxygens (including phenoxy) is 4. The van der Waals surface area contributed by atoms with Crippen LogP contribution in [0.1, 0.15) is 53.7 Å². The van der Waals surface area contributed by atoms with Gasteiger partial charge in [0, 0.05) is 31.1 Å². The van der Waals surface area contributed by atoms with Crippen LogP contribution >= 0.6 is 0 Å². The minimum Gasteiger partial charge on any atom is -0.449 e. The molecule has 0 saturated heterocycles. The Kier molecular flexibility index (Phi) is 11.7. The Morgan fingerprint density at radius 1 is 0.682 bits per heavy atom. The highest BCUT2D eigenvalue weighted by atomic mass is 16.6. The van der Waals surface area contributed by atoms with Crippen LogP contribution in [0.25, 0.3) is 11.1 Å². The Morgan fingerprint density at radius 2 is 1.25 bits per heavy atom. The van der Waals surface area contributed by atoms with Gasteiger partial charge >= 0.3 is 12.2 Å². The van der Waals surface area contributed by atoms with E-state index in [1.807, 2.05) is 24.3 Å². The van der Waals surface area contributed by atoms with Crippen LogP contribution in [0.4, 0.5) is 9.59 Å². The van der Waals surface area contributed by atoms with Crippen LogP contribution in [0.5, 0.6) is 0 Å². The van der Waals surface area contributed by atoms with Gasteiger partial charge in [-0.05, 0) is 60.7 Å². The van der Waals surface area contributed by atoms with E-state index in [9.17, 15) is 14.4 Å². The van der Waals surface area contributed by atoms with Gasteiger partial charge in [0.2, 0.25) is 0 Å². The lowest BCUT2D eigenvalue weighted by Gasteiger charge is -2.19. The van der Waals surface area contributed by atoms with E-state index >= 15 is 0 Å². The third-order valence-corrected chi connectivity index (χ3v) is 6.82. The largest absolute Gasteiger partial charge is 0.449 e. The van der Waals surface area contributed by atoms with E-state index in [1.54, 1.807) is 45.0 Å². The first-order valence-corrected chi connectivity index (χ1v) is 14.8. The molecule has 0 unspecified atom stereocenters. The molecule has 3 N–H and O–H groups in total. The van der Waals surface area contributed by atoms with Crippen molar-refractivity contribution in [2.75, 3.05) is 46.1 Å². The first kappa shape index (κ1) is 32.5. The lowest BCUT2D eigenvalue weighted by atomic mass is 9.98. The number of nitrogens with one attached hydrogen (secondary N) is 3. The zero-order valence-corrected chi connectivity index (χ0v) is 25.5. The Bertz CT molecular complexity index is 1360. The number of carbonyl (C=O) groups is 3. The predicted octanol–water partition coefficient (Wildman–Crippen LogP) is 5.01. The number of hydrogen-bond acceptors (Lipinski definition) is 7. The number of amides is 3. The summed E-state index contributed by atoms with van der Waals surface area (Å²) in [7, 11) is 0. The van der Waals surface area contributed by atoms with Gasteiger partial charge in [-0.2, -0.15) is 0 Å². The molecule has 1 aliphatic carbocycles. The van der Waals surface area contributed by atoms with E-state index in [0.717, 1.165) is 16.7 Å². The minimum absolute atomic E-state index is 0.00415. The Labute approximate surface area is 258 Å². The lowest BCUT2D eigenvalue weighted by molar-refractivity contribution is 0.0400. The summed E-state index contributed by atoms with van der Waals surface area (Å²) < 4.78 is 21.6. The van der Waals surface area contributed by atoms with Gasteiger partial charge in [0.1, 0.15) is 12.2 Å². The van der Waals surface area contributed by atoms with Crippen LogP contribution in [0.15, 0.2) is 72.8 Å². The summed E-state index contributed by atoms with van der Waals surface area (Å²) in [6.45, 7) is 8.06. The van der Waals surface area contributed by atoms with Gasteiger partial charge in [-0.25, -0.2) is 9.59 Å². The van der Waals surface area contributed by atoms with Crippen molar-refractivity contribution in [2.24, 2.45) is 0 Å². The zero-order valence-electron chi connectivity index (χ0n) is 25.5. The standard InChI is InChI=1S/C34H41N3O7/c1-34(2,3)44-33(40)36-17-19-42-21-20-41-18-16-35-31(38)25-14-12-24(13-15-25)22-37-32(39)43-23-30-28-10-6-4-8-26(28)27-9-5-7-11-29(27)30/h4-15,30H,16-23H2,1-3H3,(H,35,38)(H,36,40)(H,37,39). The van der Waals surface area contributed by atoms with Crippen molar-refractivity contribution in [3.63, 3.8) is 0 Å². The molecule has 3 amide bonds. The van der Waals surface area contributed by atoms with Gasteiger partial charge in [0.25, 0.3) is 5.91 Å². The van der Waals surface area contributed by atoms with Gasteiger partial charge < -0.3 is 34.9 Å². The van der Waals surface area contributed by atoms with Crippen LogP contribution in [0.3, 0.4) is 0 Å². The molecule has 234 valence electrons. The number of alkyl carbamates (subject to hydrolysis) is 2. The highest BCUT2D eigenvalue weighted by Gasteiger charge is 2.29. The van der Waals surface area contributed by atoms with E-state index in [4.69, 9.17) is 18.9 Å². The fourth-order valence-corrected chi connectivity index (χ4v) is 4.80. The van der Waals surface area contributed by atoms with Crippen molar-refractivity contribution in [3.05, 3.63) is 95.1 Å². The summed E-state index contributed by atoms with van der Waals surface area (Å²) in [6.07, 6.45) is -0.968. The molecule has 0 spiro atoms. The maximum atomic E-state index is 12.5. The lowest BCUT2D eigenvalue weighted by Crippen LogP contribution is -2.34. The monoisotopic (exact) mass is 603 g/mol. The fraction of sp³-hybridized carbons (Fsp3) is 0.382. The number of hydrogen-bond donors (Lipinski definition) is 3. The highest BCUT2D eigenvalue weighted by molar-refractivity contribution is 5.94. The first-order chi connectivity index (χ1) is 21.2. The molecule has 0 saturated carbocycles. The molecule has 10 nitrogen and oxygen atoms in total. The SMILES string of the molecule is CC(C)(C)OC(=O)NCCOCCOCCNC(=O)c1ccc(CNC(=O)OCC2c3ccccc3-c3ccccc32)cc1. The molecule has 0 bridgehead atoms. The van der Waals surface area contributed by atoms with Crippen LogP contribution in [0.2, 0.25) is 0 Å². The summed E-state index contributed by atoms with van der Waals surface area (Å²) in [5, 5.41) is 8.22. The maximum Gasteiger partial charge on any atom is 0.407 e. The van der Waals surface area contributed by atoms with Gasteiger partial charge in [-0.3, -0.25) is 4.79 Å². The smallest absolute Gasteiger partial charge is 0.407 e. The molecule has 0 atom stereocenters. The summed E-state index contributed by atoms with van der Waals surface area (Å²) in [4.78, 5) is 36.4. The van der Waals surface area contributed by atoms with Gasteiger partial charge in [-0.15, -0.1) is 0 Å². The molecular formula is C34H41N3O7. The van der Waals surface area contributed by atoms with E-state index in [1.165, 1.54) is 11.1 Å².